The van der Waals surface area contributed by atoms with Crippen LogP contribution in [0, 0.1) is 4.77 Å². The van der Waals surface area contributed by atoms with E-state index in [2.05, 4.69) is 9.98 Å². The predicted molar refractivity (Wildman–Crippen MR) is 99.4 cm³/mol. The maximum atomic E-state index is 12.2. The Morgan fingerprint density at radius 3 is 2.72 bits per heavy atom. The Labute approximate surface area is 150 Å². The number of rotatable bonds is 6. The molecule has 0 aliphatic rings. The number of nitrogens with one attached hydrogen (secondary N) is 1. The fourth-order valence-corrected chi connectivity index (χ4v) is 2.65. The van der Waals surface area contributed by atoms with Gasteiger partial charge in [0.05, 0.1) is 14.2 Å². The average Bonchev–Trinajstić information content (AvgIpc) is 2.60. The van der Waals surface area contributed by atoms with Crippen molar-refractivity contribution in [1.82, 2.24) is 9.55 Å². The fourth-order valence-electron chi connectivity index (χ4n) is 2.29. The van der Waals surface area contributed by atoms with Crippen LogP contribution in [0.5, 0.6) is 17.4 Å². The Morgan fingerprint density at radius 1 is 1.40 bits per heavy atom. The molecule has 0 fully saturated rings. The average molecular weight is 363 g/mol. The minimum absolute atomic E-state index is 0.0266. The Balaban J connectivity index is 2.56. The second-order valence-corrected chi connectivity index (χ2v) is 5.81. The number of hydrogen-bond donors (Lipinski definition) is 2. The number of ether oxygens (including phenoxy) is 2. The maximum absolute atomic E-state index is 12.2. The Morgan fingerprint density at radius 2 is 2.12 bits per heavy atom. The van der Waals surface area contributed by atoms with Gasteiger partial charge in [0.25, 0.3) is 5.56 Å². The van der Waals surface area contributed by atoms with Gasteiger partial charge in [-0.2, -0.15) is 0 Å². The quantitative estimate of drug-likeness (QED) is 0.607. The molecule has 1 heterocycles. The molecule has 0 saturated heterocycles. The van der Waals surface area contributed by atoms with E-state index in [1.165, 1.54) is 17.9 Å². The highest BCUT2D eigenvalue weighted by molar-refractivity contribution is 7.71. The van der Waals surface area contributed by atoms with Gasteiger partial charge in [-0.1, -0.05) is 6.92 Å². The molecule has 0 radical (unpaired) electrons. The monoisotopic (exact) mass is 363 g/mol. The third kappa shape index (κ3) is 3.90. The number of aromatic hydroxyl groups is 1. The van der Waals surface area contributed by atoms with E-state index in [0.717, 1.165) is 6.42 Å². The molecule has 25 heavy (non-hydrogen) atoms. The van der Waals surface area contributed by atoms with Crippen LogP contribution in [0.4, 0.5) is 5.69 Å². The number of H-pyrrole nitrogens is 1. The molecule has 8 heteroatoms. The van der Waals surface area contributed by atoms with E-state index in [4.69, 9.17) is 21.7 Å². The minimum atomic E-state index is -0.507. The predicted octanol–water partition coefficient (Wildman–Crippen LogP) is 3.35. The summed E-state index contributed by atoms with van der Waals surface area (Å²) in [4.78, 5) is 19.0. The number of aliphatic imine (C=N–C) groups is 1. The summed E-state index contributed by atoms with van der Waals surface area (Å²) in [6.07, 6.45) is 2.04. The Kier molecular flexibility index (Phi) is 5.97. The van der Waals surface area contributed by atoms with Gasteiger partial charge in [0, 0.05) is 18.3 Å². The number of hydrogen-bond acceptors (Lipinski definition) is 6. The second kappa shape index (κ2) is 7.98. The number of nitrogens with zero attached hydrogens (tertiary/aromatic N) is 2. The molecule has 1 unspecified atom stereocenters. The number of benzene rings is 1. The van der Waals surface area contributed by atoms with Crippen LogP contribution in [0.15, 0.2) is 28.0 Å². The van der Waals surface area contributed by atoms with Crippen LogP contribution >= 0.6 is 12.2 Å². The summed E-state index contributed by atoms with van der Waals surface area (Å²) in [7, 11) is 3.07. The van der Waals surface area contributed by atoms with Crippen molar-refractivity contribution in [2.45, 2.75) is 26.3 Å². The van der Waals surface area contributed by atoms with E-state index in [1.807, 2.05) is 13.8 Å². The van der Waals surface area contributed by atoms with Crippen molar-refractivity contribution in [1.29, 1.82) is 0 Å². The largest absolute Gasteiger partial charge is 0.497 e. The second-order valence-electron chi connectivity index (χ2n) is 5.42. The molecule has 2 rings (SSSR count). The molecule has 1 atom stereocenters. The van der Waals surface area contributed by atoms with Crippen LogP contribution in [0.25, 0.3) is 0 Å². The summed E-state index contributed by atoms with van der Waals surface area (Å²) in [5, 5.41) is 10.5. The van der Waals surface area contributed by atoms with Crippen molar-refractivity contribution in [3.8, 4) is 17.4 Å². The Bertz CT molecular complexity index is 902. The Hall–Kier alpha value is -2.61. The molecular weight excluding hydrogens is 342 g/mol. The van der Waals surface area contributed by atoms with Crippen molar-refractivity contribution < 1.29 is 14.6 Å². The molecule has 2 aromatic rings. The summed E-state index contributed by atoms with van der Waals surface area (Å²) in [6, 6.07) is 5.06. The van der Waals surface area contributed by atoms with Gasteiger partial charge < -0.3 is 14.6 Å². The summed E-state index contributed by atoms with van der Waals surface area (Å²) < 4.78 is 12.1. The van der Waals surface area contributed by atoms with Crippen LogP contribution in [0.1, 0.15) is 31.9 Å². The van der Waals surface area contributed by atoms with E-state index >= 15 is 0 Å². The maximum Gasteiger partial charge on any atom is 0.264 e. The van der Waals surface area contributed by atoms with Gasteiger partial charge in [0.2, 0.25) is 5.88 Å². The normalized spacial score (nSPS) is 12.3. The van der Waals surface area contributed by atoms with Gasteiger partial charge >= 0.3 is 0 Å². The van der Waals surface area contributed by atoms with E-state index in [-0.39, 0.29) is 22.3 Å². The van der Waals surface area contributed by atoms with Crippen LogP contribution in [-0.4, -0.2) is 35.1 Å². The van der Waals surface area contributed by atoms with Gasteiger partial charge in [-0.25, -0.2) is 0 Å². The first kappa shape index (κ1) is 18.7. The lowest BCUT2D eigenvalue weighted by atomic mass is 10.2. The molecule has 1 aromatic carbocycles. The highest BCUT2D eigenvalue weighted by Crippen LogP contribution is 2.31. The lowest BCUT2D eigenvalue weighted by Gasteiger charge is -2.16. The van der Waals surface area contributed by atoms with E-state index in [0.29, 0.717) is 17.2 Å². The van der Waals surface area contributed by atoms with Gasteiger partial charge in [-0.3, -0.25) is 19.3 Å². The topological polar surface area (TPSA) is 88.8 Å². The van der Waals surface area contributed by atoms with Gasteiger partial charge in [0.15, 0.2) is 4.77 Å². The molecule has 7 nitrogen and oxygen atoms in total. The van der Waals surface area contributed by atoms with E-state index < -0.39 is 5.56 Å². The third-order valence-corrected chi connectivity index (χ3v) is 4.20. The fraction of sp³-hybridized carbons (Fsp3) is 0.353. The molecule has 0 bridgehead atoms. The van der Waals surface area contributed by atoms with Gasteiger partial charge in [-0.15, -0.1) is 0 Å². The van der Waals surface area contributed by atoms with Gasteiger partial charge in [-0.05, 0) is 37.7 Å². The van der Waals surface area contributed by atoms with Crippen LogP contribution in [0.3, 0.4) is 0 Å². The first-order valence-electron chi connectivity index (χ1n) is 7.76. The van der Waals surface area contributed by atoms with Crippen molar-refractivity contribution >= 4 is 24.1 Å². The first-order valence-corrected chi connectivity index (χ1v) is 8.17. The zero-order valence-electron chi connectivity index (χ0n) is 14.6. The molecule has 134 valence electrons. The zero-order chi connectivity index (χ0) is 18.6. The lowest BCUT2D eigenvalue weighted by Crippen LogP contribution is -2.20. The molecule has 0 aliphatic carbocycles. The summed E-state index contributed by atoms with van der Waals surface area (Å²) in [5.41, 5.74) is -0.00960. The van der Waals surface area contributed by atoms with Crippen molar-refractivity contribution in [2.75, 3.05) is 14.2 Å². The SMILES string of the molecule is CCC(C)n1c(O)c(C=Nc2cc(OC)ccc2OC)c(=O)[nH]c1=S. The third-order valence-electron chi connectivity index (χ3n) is 3.90. The number of aromatic nitrogens is 2. The van der Waals surface area contributed by atoms with E-state index in [9.17, 15) is 9.90 Å². The highest BCUT2D eigenvalue weighted by atomic mass is 32.1. The number of methoxy groups -OCH3 is 2. The molecule has 0 aliphatic heterocycles. The van der Waals surface area contributed by atoms with Crippen molar-refractivity contribution in [2.24, 2.45) is 4.99 Å². The zero-order valence-corrected chi connectivity index (χ0v) is 15.4. The van der Waals surface area contributed by atoms with E-state index in [1.54, 1.807) is 25.3 Å². The van der Waals surface area contributed by atoms with Crippen molar-refractivity contribution in [3.63, 3.8) is 0 Å². The highest BCUT2D eigenvalue weighted by Gasteiger charge is 2.15. The summed E-state index contributed by atoms with van der Waals surface area (Å²) in [6.45, 7) is 3.87. The van der Waals surface area contributed by atoms with Crippen LogP contribution < -0.4 is 15.0 Å². The van der Waals surface area contributed by atoms with Crippen LogP contribution in [0.2, 0.25) is 0 Å². The van der Waals surface area contributed by atoms with Crippen molar-refractivity contribution in [3.05, 3.63) is 38.9 Å². The molecule has 0 saturated carbocycles. The van der Waals surface area contributed by atoms with Crippen LogP contribution in [-0.2, 0) is 0 Å². The summed E-state index contributed by atoms with van der Waals surface area (Å²) in [5.74, 6) is 0.901. The number of aromatic amines is 1. The first-order chi connectivity index (χ1) is 11.9. The lowest BCUT2D eigenvalue weighted by molar-refractivity contribution is 0.371. The molecule has 0 amide bonds. The molecule has 2 N–H and O–H groups in total. The van der Waals surface area contributed by atoms with Gasteiger partial charge in [0.1, 0.15) is 22.7 Å². The molecular formula is C17H21N3O4S. The molecule has 0 spiro atoms. The minimum Gasteiger partial charge on any atom is -0.497 e. The molecule has 1 aromatic heterocycles. The summed E-state index contributed by atoms with van der Waals surface area (Å²) >= 11 is 5.15. The standard InChI is InChI=1S/C17H21N3O4S/c1-5-10(2)20-16(22)12(15(21)19-17(20)25)9-18-13-8-11(23-3)6-7-14(13)24-4/h6-10,22H,5H2,1-4H3,(H,19,21,25). The smallest absolute Gasteiger partial charge is 0.264 e.